The van der Waals surface area contributed by atoms with E-state index in [1.807, 2.05) is 26.0 Å². The Hall–Kier alpha value is -3.43. The van der Waals surface area contributed by atoms with Gasteiger partial charge in [0.1, 0.15) is 0 Å². The lowest BCUT2D eigenvalue weighted by atomic mass is 9.66. The molecule has 2 bridgehead atoms. The van der Waals surface area contributed by atoms with Gasteiger partial charge in [-0.15, -0.1) is 5.10 Å². The van der Waals surface area contributed by atoms with Gasteiger partial charge in [0.15, 0.2) is 11.6 Å². The van der Waals surface area contributed by atoms with Gasteiger partial charge in [-0.25, -0.2) is 14.1 Å². The van der Waals surface area contributed by atoms with Crippen LogP contribution in [0.5, 0.6) is 17.6 Å². The first-order valence-corrected chi connectivity index (χ1v) is 11.0. The van der Waals surface area contributed by atoms with E-state index in [0.29, 0.717) is 23.7 Å². The summed E-state index contributed by atoms with van der Waals surface area (Å²) in [5, 5.41) is 7.97. The Labute approximate surface area is 190 Å². The molecular formula is C23H26F2N6O2. The predicted molar refractivity (Wildman–Crippen MR) is 119 cm³/mol. The van der Waals surface area contributed by atoms with Crippen molar-refractivity contribution in [3.63, 3.8) is 0 Å². The van der Waals surface area contributed by atoms with Crippen LogP contribution in [-0.2, 0) is 0 Å². The van der Waals surface area contributed by atoms with E-state index in [4.69, 9.17) is 9.47 Å². The quantitative estimate of drug-likeness (QED) is 0.569. The van der Waals surface area contributed by atoms with Gasteiger partial charge in [0.25, 0.3) is 0 Å². The summed E-state index contributed by atoms with van der Waals surface area (Å²) >= 11 is 0. The van der Waals surface area contributed by atoms with Crippen LogP contribution < -0.4 is 19.7 Å². The summed E-state index contributed by atoms with van der Waals surface area (Å²) in [6, 6.07) is 8.04. The first-order valence-electron chi connectivity index (χ1n) is 11.0. The number of pyridine rings is 1. The average Bonchev–Trinajstić information content (AvgIpc) is 3.23. The van der Waals surface area contributed by atoms with Crippen LogP contribution in [0, 0.1) is 23.5 Å². The highest BCUT2D eigenvalue weighted by atomic mass is 19.2. The molecule has 6 rings (SSSR count). The second-order valence-corrected chi connectivity index (χ2v) is 8.80. The van der Waals surface area contributed by atoms with E-state index in [1.165, 1.54) is 12.1 Å². The SMILES string of the molecule is COc1cc(N2CC3C[C@@H](C2)C3Nc2nc(Oc3cccc(F)c3F)n(C(C)C)n2)ccn1. The number of methoxy groups -OCH3 is 1. The van der Waals surface area contributed by atoms with E-state index in [-0.39, 0.29) is 23.8 Å². The van der Waals surface area contributed by atoms with E-state index < -0.39 is 11.6 Å². The largest absolute Gasteiger partial charge is 0.481 e. The molecule has 0 amide bonds. The van der Waals surface area contributed by atoms with Gasteiger partial charge in [0.05, 0.1) is 13.2 Å². The van der Waals surface area contributed by atoms with Crippen molar-refractivity contribution >= 4 is 11.6 Å². The van der Waals surface area contributed by atoms with Crippen LogP contribution in [0.3, 0.4) is 0 Å². The van der Waals surface area contributed by atoms with Crippen LogP contribution in [0.4, 0.5) is 20.4 Å². The third kappa shape index (κ3) is 4.05. The Balaban J connectivity index is 1.29. The molecule has 8 nitrogen and oxygen atoms in total. The maximum atomic E-state index is 14.1. The molecule has 2 aromatic heterocycles. The molecule has 33 heavy (non-hydrogen) atoms. The molecule has 1 aliphatic carbocycles. The van der Waals surface area contributed by atoms with Crippen LogP contribution >= 0.6 is 0 Å². The second kappa shape index (κ2) is 8.49. The number of benzene rings is 1. The number of rotatable bonds is 7. The van der Waals surface area contributed by atoms with Crippen LogP contribution in [0.2, 0.25) is 0 Å². The molecule has 2 saturated heterocycles. The summed E-state index contributed by atoms with van der Waals surface area (Å²) in [4.78, 5) is 11.0. The first-order chi connectivity index (χ1) is 15.9. The number of nitrogens with one attached hydrogen (secondary N) is 1. The van der Waals surface area contributed by atoms with Crippen LogP contribution in [0.15, 0.2) is 36.5 Å². The maximum absolute atomic E-state index is 14.1. The molecule has 1 saturated carbocycles. The minimum atomic E-state index is -1.05. The normalized spacial score (nSPS) is 21.6. The van der Waals surface area contributed by atoms with E-state index in [1.54, 1.807) is 18.0 Å². The molecule has 3 atom stereocenters. The van der Waals surface area contributed by atoms with E-state index in [2.05, 4.69) is 25.3 Å². The molecule has 174 valence electrons. The van der Waals surface area contributed by atoms with Crippen molar-refractivity contribution in [1.29, 1.82) is 0 Å². The van der Waals surface area contributed by atoms with Crippen molar-refractivity contribution < 1.29 is 18.3 Å². The Morgan fingerprint density at radius 3 is 2.67 bits per heavy atom. The second-order valence-electron chi connectivity index (χ2n) is 8.80. The number of ether oxygens (including phenoxy) is 2. The van der Waals surface area contributed by atoms with E-state index >= 15 is 0 Å². The number of anilines is 2. The highest BCUT2D eigenvalue weighted by Gasteiger charge is 2.47. The number of aromatic nitrogens is 4. The molecular weight excluding hydrogens is 430 g/mol. The minimum absolute atomic E-state index is 0.0716. The zero-order valence-electron chi connectivity index (χ0n) is 18.7. The van der Waals surface area contributed by atoms with Gasteiger partial charge in [0, 0.05) is 37.1 Å². The molecule has 1 N–H and O–H groups in total. The average molecular weight is 456 g/mol. The number of fused-ring (bicyclic) bond motifs is 2. The minimum Gasteiger partial charge on any atom is -0.481 e. The lowest BCUT2D eigenvalue weighted by Crippen LogP contribution is -2.61. The Morgan fingerprint density at radius 2 is 1.94 bits per heavy atom. The number of hydrogen-bond acceptors (Lipinski definition) is 7. The lowest BCUT2D eigenvalue weighted by Gasteiger charge is -2.54. The maximum Gasteiger partial charge on any atom is 0.322 e. The Kier molecular flexibility index (Phi) is 5.51. The topological polar surface area (TPSA) is 77.3 Å². The van der Waals surface area contributed by atoms with Crippen molar-refractivity contribution in [1.82, 2.24) is 19.7 Å². The van der Waals surface area contributed by atoms with Gasteiger partial charge in [0.2, 0.25) is 17.6 Å². The Morgan fingerprint density at radius 1 is 1.15 bits per heavy atom. The fraction of sp³-hybridized carbons (Fsp3) is 0.435. The van der Waals surface area contributed by atoms with Gasteiger partial charge >= 0.3 is 6.01 Å². The number of halogens is 2. The number of hydrogen-bond donors (Lipinski definition) is 1. The molecule has 0 radical (unpaired) electrons. The molecule has 2 unspecified atom stereocenters. The van der Waals surface area contributed by atoms with Gasteiger partial charge in [-0.05, 0) is 50.3 Å². The molecule has 10 heteroatoms. The zero-order chi connectivity index (χ0) is 23.1. The van der Waals surface area contributed by atoms with Crippen molar-refractivity contribution in [2.24, 2.45) is 11.8 Å². The summed E-state index contributed by atoms with van der Waals surface area (Å²) in [6.07, 6.45) is 2.90. The van der Waals surface area contributed by atoms with Gasteiger partial charge in [-0.1, -0.05) is 6.07 Å². The van der Waals surface area contributed by atoms with Crippen molar-refractivity contribution in [3.8, 4) is 17.6 Å². The van der Waals surface area contributed by atoms with Crippen molar-refractivity contribution in [2.45, 2.75) is 32.4 Å². The molecule has 0 spiro atoms. The van der Waals surface area contributed by atoms with Gasteiger partial charge in [-0.2, -0.15) is 9.37 Å². The Bertz CT molecular complexity index is 1140. The van der Waals surface area contributed by atoms with E-state index in [9.17, 15) is 8.78 Å². The summed E-state index contributed by atoms with van der Waals surface area (Å²) in [5.41, 5.74) is 1.10. The molecule has 4 heterocycles. The van der Waals surface area contributed by atoms with Crippen molar-refractivity contribution in [2.75, 3.05) is 30.4 Å². The monoisotopic (exact) mass is 456 g/mol. The smallest absolute Gasteiger partial charge is 0.322 e. The molecule has 3 aliphatic rings. The summed E-state index contributed by atoms with van der Waals surface area (Å²) in [7, 11) is 1.61. The molecule has 3 aromatic rings. The van der Waals surface area contributed by atoms with Crippen LogP contribution in [-0.4, -0.2) is 46.0 Å². The third-order valence-corrected chi connectivity index (χ3v) is 6.33. The first kappa shape index (κ1) is 21.4. The third-order valence-electron chi connectivity index (χ3n) is 6.33. The fourth-order valence-corrected chi connectivity index (χ4v) is 4.63. The highest BCUT2D eigenvalue weighted by Crippen LogP contribution is 2.43. The fourth-order valence-electron chi connectivity index (χ4n) is 4.63. The summed E-state index contributed by atoms with van der Waals surface area (Å²) in [5.74, 6) is -0.328. The van der Waals surface area contributed by atoms with Gasteiger partial charge < -0.3 is 19.7 Å². The number of piperidine rings is 2. The van der Waals surface area contributed by atoms with Crippen LogP contribution in [0.1, 0.15) is 26.3 Å². The summed E-state index contributed by atoms with van der Waals surface area (Å²) < 4.78 is 40.1. The standard InChI is InChI=1S/C23H26F2N6O2/c1-13(2)31-23(33-18-6-4-5-17(24)20(18)25)28-22(29-31)27-21-14-9-15(21)12-30(11-14)16-7-8-26-19(10-16)32-3/h4-8,10,13-15,21H,9,11-12H2,1-3H3,(H,27,29)/t14-,15?,21?/m0/s1. The lowest BCUT2D eigenvalue weighted by molar-refractivity contribution is 0.130. The van der Waals surface area contributed by atoms with Crippen LogP contribution in [0.25, 0.3) is 0 Å². The predicted octanol–water partition coefficient (Wildman–Crippen LogP) is 4.27. The van der Waals surface area contributed by atoms with Gasteiger partial charge in [-0.3, -0.25) is 0 Å². The zero-order valence-corrected chi connectivity index (χ0v) is 18.7. The van der Waals surface area contributed by atoms with Crippen molar-refractivity contribution in [3.05, 3.63) is 48.2 Å². The summed E-state index contributed by atoms with van der Waals surface area (Å²) in [6.45, 7) is 5.66. The molecule has 1 aromatic carbocycles. The number of nitrogens with zero attached hydrogens (tertiary/aromatic N) is 5. The molecule has 2 aliphatic heterocycles. The highest BCUT2D eigenvalue weighted by molar-refractivity contribution is 5.50. The molecule has 3 fully saturated rings. The van der Waals surface area contributed by atoms with E-state index in [0.717, 1.165) is 31.3 Å².